The monoisotopic (exact) mass is 1300 g/mol. The Bertz CT molecular complexity index is 1870. The van der Waals surface area contributed by atoms with Crippen LogP contribution >= 0.6 is 37.2 Å². The molecule has 26 heteroatoms. The Balaban J connectivity index is 0. The van der Waals surface area contributed by atoms with Crippen LogP contribution in [0.1, 0.15) is 115 Å². The fourth-order valence-electron chi connectivity index (χ4n) is 6.63. The van der Waals surface area contributed by atoms with E-state index in [-0.39, 0.29) is 74.0 Å². The van der Waals surface area contributed by atoms with E-state index in [2.05, 4.69) is 102 Å². The summed E-state index contributed by atoms with van der Waals surface area (Å²) in [5.41, 5.74) is 4.30. The average molecular weight is 1300 g/mol. The van der Waals surface area contributed by atoms with E-state index >= 15 is 0 Å². The number of halogens is 3. The standard InChI is InChI=1S/2C8H14N2O2.C8H12N2O.C7H10N2O.C6H11NO2.C3H7NO.C3H6NO.I3.2Li/c1-6-5-8(11,12-9-6)7-3-4-10(7)2;1-6(9-12)5-8(11)7-3-4-10(7)2;1-6-5-8(11-9-6)7-3-4-10(7)2;1-5-4-7(10-9-5)6-2-3-8-6;1-7-4-3-5(7)6(8)9-2;2*1-3(2)4-5;1-3-2;;/h7,11H,3-5H2,1-2H3;7,12H,3-5H2,1-2H3;5,7H,3-4H2,1-2H3;4,6,8H,2-3H2,1H3;5H,3-4H2,1-2H3;5H,1-2H3;5H,1H2,2H3;;;/q;;;;;;2*-1;2*+1/p-1/b;9-6-;;;;;4-3+;;;. The van der Waals surface area contributed by atoms with Gasteiger partial charge in [-0.3, -0.25) is 29.2 Å². The van der Waals surface area contributed by atoms with Gasteiger partial charge in [0, 0.05) is 44.7 Å². The molecule has 0 aliphatic carbocycles. The Morgan fingerprint density at radius 1 is 0.870 bits per heavy atom. The molecule has 0 spiro atoms. The molecule has 2 aromatic rings. The van der Waals surface area contributed by atoms with E-state index in [4.69, 9.17) is 29.5 Å². The molecule has 0 bridgehead atoms. The molecule has 6 atom stereocenters. The van der Waals surface area contributed by atoms with Crippen LogP contribution in [-0.4, -0.2) is 172 Å². The number of methoxy groups -OCH3 is 1. The van der Waals surface area contributed by atoms with E-state index in [9.17, 15) is 14.7 Å². The number of aromatic nitrogens is 2. The van der Waals surface area contributed by atoms with Crippen molar-refractivity contribution in [2.24, 2.45) is 20.6 Å². The largest absolute Gasteiger partial charge is 1.00 e. The van der Waals surface area contributed by atoms with Gasteiger partial charge >= 0.3 is 94.2 Å². The van der Waals surface area contributed by atoms with Crippen LogP contribution < -0.4 is 56.3 Å². The van der Waals surface area contributed by atoms with Crippen LogP contribution in [0.5, 0.6) is 0 Å². The summed E-state index contributed by atoms with van der Waals surface area (Å²) in [6.45, 7) is 20.9. The maximum atomic E-state index is 11.4. The minimum atomic E-state index is -1.04. The Kier molecular flexibility index (Phi) is 37.5. The van der Waals surface area contributed by atoms with E-state index < -0.39 is 5.79 Å². The molecule has 0 amide bonds. The molecule has 8 rings (SSSR count). The van der Waals surface area contributed by atoms with Crippen LogP contribution in [0.4, 0.5) is 0 Å². The molecule has 384 valence electrons. The van der Waals surface area contributed by atoms with Gasteiger partial charge in [0.15, 0.2) is 17.3 Å². The number of ketones is 1. The number of nitrogens with one attached hydrogen (secondary N) is 1. The molecule has 21 nitrogen and oxygen atoms in total. The molecule has 8 heterocycles. The number of likely N-dealkylation sites (N-methyl/N-ethyl adjacent to an activating group) is 3. The number of ether oxygens (including phenoxy) is 1. The zero-order valence-corrected chi connectivity index (χ0v) is 49.5. The van der Waals surface area contributed by atoms with Crippen LogP contribution in [0.2, 0.25) is 0 Å². The number of hydrogen-bond donors (Lipinski definition) is 4. The van der Waals surface area contributed by atoms with Gasteiger partial charge in [0.05, 0.1) is 66.2 Å². The molecule has 6 aliphatic rings. The number of rotatable bonds is 7. The minimum absolute atomic E-state index is 0. The van der Waals surface area contributed by atoms with Crippen LogP contribution in [0.15, 0.2) is 41.8 Å². The quantitative estimate of drug-likeness (QED) is 0.0419. The number of nitrogens with zero attached hydrogens (tertiary/aromatic N) is 10. The number of carbonyl (C=O) groups excluding carboxylic acids is 2. The van der Waals surface area contributed by atoms with Crippen molar-refractivity contribution in [3.05, 3.63) is 47.2 Å². The van der Waals surface area contributed by atoms with Crippen LogP contribution in [0, 0.1) is 26.0 Å². The van der Waals surface area contributed by atoms with E-state index in [0.29, 0.717) is 48.9 Å². The normalized spacial score (nSPS) is 24.4. The van der Waals surface area contributed by atoms with Gasteiger partial charge < -0.3 is 56.7 Å². The summed E-state index contributed by atoms with van der Waals surface area (Å²) in [4.78, 5) is 35.5. The van der Waals surface area contributed by atoms with Gasteiger partial charge in [-0.05, 0) is 108 Å². The summed E-state index contributed by atoms with van der Waals surface area (Å²) in [6, 6.07) is 5.13. The molecular weight excluding hydrogens is 1230 g/mol. The van der Waals surface area contributed by atoms with Crippen molar-refractivity contribution in [3.63, 3.8) is 0 Å². The second kappa shape index (κ2) is 37.2. The maximum absolute atomic E-state index is 11.4. The first kappa shape index (κ1) is 69.5. The van der Waals surface area contributed by atoms with Crippen LogP contribution in [-0.2, 0) is 19.2 Å². The van der Waals surface area contributed by atoms with Crippen molar-refractivity contribution in [1.29, 1.82) is 0 Å². The first-order valence-electron chi connectivity index (χ1n) is 21.8. The molecule has 0 radical (unpaired) electrons. The van der Waals surface area contributed by atoms with Crippen LogP contribution in [0.25, 0.3) is 0 Å². The molecule has 4 N–H and O–H groups in total. The number of oxime groups is 3. The van der Waals surface area contributed by atoms with Crippen molar-refractivity contribution >= 4 is 71.8 Å². The number of Topliss-reactive ketones (excluding diaryl/α,β-unsaturated/α-hetero) is 1. The molecule has 6 unspecified atom stereocenters. The zero-order chi connectivity index (χ0) is 50.9. The fraction of sp³-hybridized carbons (Fsp3) is 0.698. The van der Waals surface area contributed by atoms with Gasteiger partial charge in [-0.15, -0.1) is 5.71 Å². The minimum Gasteiger partial charge on any atom is -0.794 e. The average Bonchev–Trinajstić information content (AvgIpc) is 3.97. The fourth-order valence-corrected chi connectivity index (χ4v) is 6.63. The molecule has 5 saturated heterocycles. The van der Waals surface area contributed by atoms with Crippen molar-refractivity contribution in [3.8, 4) is 0 Å². The first-order valence-corrected chi connectivity index (χ1v) is 34.3. The number of hydrogen-bond acceptors (Lipinski definition) is 21. The molecule has 6 aliphatic heterocycles. The molecule has 0 aromatic carbocycles. The third-order valence-corrected chi connectivity index (χ3v) is 11.1. The Morgan fingerprint density at radius 2 is 1.35 bits per heavy atom. The molecule has 5 fully saturated rings. The van der Waals surface area contributed by atoms with Crippen molar-refractivity contribution in [2.75, 3.05) is 68.0 Å². The molecule has 0 saturated carbocycles. The molecular formula is C43H73I3Li2N11O10-. The van der Waals surface area contributed by atoms with E-state index in [1.54, 1.807) is 27.7 Å². The summed E-state index contributed by atoms with van der Waals surface area (Å²) in [5, 5.41) is 58.1. The second-order valence-corrected chi connectivity index (χ2v) is 33.3. The Labute approximate surface area is 462 Å². The van der Waals surface area contributed by atoms with Gasteiger partial charge in [0.25, 0.3) is 5.79 Å². The van der Waals surface area contributed by atoms with Gasteiger partial charge in [0.2, 0.25) is 0 Å². The van der Waals surface area contributed by atoms with Crippen molar-refractivity contribution in [2.45, 2.75) is 129 Å². The zero-order valence-electron chi connectivity index (χ0n) is 43.0. The van der Waals surface area contributed by atoms with E-state index in [1.807, 2.05) is 63.8 Å². The van der Waals surface area contributed by atoms with Gasteiger partial charge in [-0.25, -0.2) is 0 Å². The summed E-state index contributed by atoms with van der Waals surface area (Å²) >= 11 is 5.30. The maximum Gasteiger partial charge on any atom is 1.00 e. The summed E-state index contributed by atoms with van der Waals surface area (Å²) < 4.78 is 14.7. The number of esters is 1. The van der Waals surface area contributed by atoms with E-state index in [0.717, 1.165) is 74.1 Å². The number of carbonyl (C=O) groups is 2. The SMILES string of the molecule is C/C(CC(=O)C1CCN1C)=N/O.CC(C)=NO.CC1=NOC(O)(C2CCN2C)C1.COC(=O)C1CCN1C.Cc1cc(C2CCN2)on1.Cc1cc(C2CCN2C)on1.I[I-]I.[CH2-]/C(C)=N\[O-].[Li+].[Li+]. The summed E-state index contributed by atoms with van der Waals surface area (Å²) in [5.74, 6) is 0.986. The van der Waals surface area contributed by atoms with Gasteiger partial charge in [-0.1, -0.05) is 32.7 Å². The third kappa shape index (κ3) is 25.8. The Morgan fingerprint density at radius 3 is 1.58 bits per heavy atom. The van der Waals surface area contributed by atoms with Crippen molar-refractivity contribution < 1.29 is 94.7 Å². The molecule has 69 heavy (non-hydrogen) atoms. The topological polar surface area (TPSA) is 263 Å². The van der Waals surface area contributed by atoms with Gasteiger partial charge in [-0.2, -0.15) is 0 Å². The third-order valence-electron chi connectivity index (χ3n) is 11.1. The van der Waals surface area contributed by atoms with E-state index in [1.165, 1.54) is 26.5 Å². The summed E-state index contributed by atoms with van der Waals surface area (Å²) in [6.07, 6.45) is 6.07. The second-order valence-electron chi connectivity index (χ2n) is 17.0. The Hall–Kier alpha value is -1.55. The smallest absolute Gasteiger partial charge is 0.794 e. The number of aliphatic hydroxyl groups is 1. The summed E-state index contributed by atoms with van der Waals surface area (Å²) in [7, 11) is 9.37. The van der Waals surface area contributed by atoms with Crippen molar-refractivity contribution in [1.82, 2.24) is 35.2 Å². The van der Waals surface area contributed by atoms with Crippen LogP contribution in [0.3, 0.4) is 0 Å². The molecule has 2 aromatic heterocycles. The van der Waals surface area contributed by atoms with Gasteiger partial charge in [0.1, 0.15) is 6.04 Å². The first-order chi connectivity index (χ1) is 31.6. The number of aryl methyl sites for hydroxylation is 2. The predicted molar refractivity (Wildman–Crippen MR) is 272 cm³/mol. The number of likely N-dealkylation sites (tertiary alicyclic amines) is 4. The predicted octanol–water partition coefficient (Wildman–Crippen LogP) is -2.67.